The molecule has 2 aliphatic rings. The number of amides is 1. The van der Waals surface area contributed by atoms with Crippen LogP contribution in [-0.2, 0) is 9.63 Å². The molecular weight excluding hydrogens is 318 g/mol. The molecule has 1 saturated heterocycles. The number of piperidine rings is 1. The van der Waals surface area contributed by atoms with Crippen molar-refractivity contribution in [3.8, 4) is 0 Å². The molecule has 0 aromatic carbocycles. The number of alkyl halides is 6. The Kier molecular flexibility index (Phi) is 4.31. The van der Waals surface area contributed by atoms with E-state index in [1.54, 1.807) is 0 Å². The number of likely N-dealkylation sites (tertiary alicyclic amines) is 1. The summed E-state index contributed by atoms with van der Waals surface area (Å²) in [4.78, 5) is 17.8. The zero-order chi connectivity index (χ0) is 16.6. The van der Waals surface area contributed by atoms with Gasteiger partial charge in [-0.2, -0.15) is 26.3 Å². The number of halogens is 6. The topological polar surface area (TPSA) is 41.9 Å². The maximum Gasteiger partial charge on any atom is 0.432 e. The third-order valence-corrected chi connectivity index (χ3v) is 3.82. The summed E-state index contributed by atoms with van der Waals surface area (Å²) in [6, 6.07) is 0. The first kappa shape index (κ1) is 16.9. The summed E-state index contributed by atoms with van der Waals surface area (Å²) in [5.74, 6) is -0.651. The number of carbonyl (C=O) groups is 1. The first-order chi connectivity index (χ1) is 10.0. The van der Waals surface area contributed by atoms with Gasteiger partial charge in [0, 0.05) is 38.8 Å². The van der Waals surface area contributed by atoms with Gasteiger partial charge in [0.1, 0.15) is 5.60 Å². The van der Waals surface area contributed by atoms with Crippen molar-refractivity contribution in [2.75, 3.05) is 13.1 Å². The Balaban J connectivity index is 1.83. The van der Waals surface area contributed by atoms with E-state index < -0.39 is 42.4 Å². The first-order valence-electron chi connectivity index (χ1n) is 6.68. The molecule has 2 rings (SSSR count). The van der Waals surface area contributed by atoms with Gasteiger partial charge >= 0.3 is 12.4 Å². The smallest absolute Gasteiger partial charge is 0.388 e. The minimum atomic E-state index is -4.55. The number of carbonyl (C=O) groups excluding carboxylic acids is 1. The van der Waals surface area contributed by atoms with Crippen LogP contribution in [0.2, 0.25) is 0 Å². The van der Waals surface area contributed by atoms with Crippen molar-refractivity contribution in [3.63, 3.8) is 0 Å². The fourth-order valence-corrected chi connectivity index (χ4v) is 2.51. The number of nitrogens with zero attached hydrogens (tertiary/aromatic N) is 2. The fourth-order valence-electron chi connectivity index (χ4n) is 2.51. The second-order valence-electron chi connectivity index (χ2n) is 5.48. The van der Waals surface area contributed by atoms with Crippen molar-refractivity contribution in [2.24, 2.45) is 5.16 Å². The highest BCUT2D eigenvalue weighted by Gasteiger charge is 2.50. The molecule has 0 aromatic rings. The Morgan fingerprint density at radius 2 is 1.77 bits per heavy atom. The zero-order valence-electron chi connectivity index (χ0n) is 11.4. The van der Waals surface area contributed by atoms with Crippen LogP contribution >= 0.6 is 0 Å². The summed E-state index contributed by atoms with van der Waals surface area (Å²) in [7, 11) is 0. The van der Waals surface area contributed by atoms with Crippen LogP contribution in [0, 0.1) is 0 Å². The van der Waals surface area contributed by atoms with Crippen molar-refractivity contribution < 1.29 is 36.0 Å². The van der Waals surface area contributed by atoms with Crippen molar-refractivity contribution in [1.82, 2.24) is 4.90 Å². The lowest BCUT2D eigenvalue weighted by Gasteiger charge is -2.37. The minimum Gasteiger partial charge on any atom is -0.388 e. The monoisotopic (exact) mass is 332 g/mol. The van der Waals surface area contributed by atoms with Gasteiger partial charge in [-0.25, -0.2) is 0 Å². The van der Waals surface area contributed by atoms with Crippen molar-refractivity contribution in [3.05, 3.63) is 0 Å². The lowest BCUT2D eigenvalue weighted by atomic mass is 9.86. The summed E-state index contributed by atoms with van der Waals surface area (Å²) >= 11 is 0. The molecule has 0 N–H and O–H groups in total. The molecule has 4 nitrogen and oxygen atoms in total. The molecule has 0 aromatic heterocycles. The van der Waals surface area contributed by atoms with Gasteiger partial charge in [-0.15, -0.1) is 0 Å². The average molecular weight is 332 g/mol. The van der Waals surface area contributed by atoms with Gasteiger partial charge in [0.25, 0.3) is 0 Å². The van der Waals surface area contributed by atoms with Gasteiger partial charge in [-0.3, -0.25) is 4.79 Å². The predicted octanol–water partition coefficient (Wildman–Crippen LogP) is 3.03. The maximum absolute atomic E-state index is 12.5. The standard InChI is InChI=1S/C12H14F6N2O2/c13-11(14,15)2-1-9(21)20-5-3-10(4-6-20)7-8(19-22-10)12(16,17)18/h1-7H2. The van der Waals surface area contributed by atoms with Crippen LogP contribution in [0.5, 0.6) is 0 Å². The summed E-state index contributed by atoms with van der Waals surface area (Å²) in [5, 5.41) is 3.06. The van der Waals surface area contributed by atoms with Crippen LogP contribution in [0.3, 0.4) is 0 Å². The number of rotatable bonds is 2. The Labute approximate surface area is 122 Å². The van der Waals surface area contributed by atoms with Gasteiger partial charge in [0.05, 0.1) is 6.42 Å². The molecule has 0 unspecified atom stereocenters. The molecule has 22 heavy (non-hydrogen) atoms. The molecule has 0 atom stereocenters. The third kappa shape index (κ3) is 4.04. The van der Waals surface area contributed by atoms with Gasteiger partial charge < -0.3 is 9.74 Å². The van der Waals surface area contributed by atoms with Crippen LogP contribution in [0.25, 0.3) is 0 Å². The Morgan fingerprint density at radius 3 is 2.23 bits per heavy atom. The molecule has 0 radical (unpaired) electrons. The molecule has 1 fully saturated rings. The third-order valence-electron chi connectivity index (χ3n) is 3.82. The first-order valence-corrected chi connectivity index (χ1v) is 6.68. The summed E-state index contributed by atoms with van der Waals surface area (Å²) in [5.41, 5.74) is -2.09. The summed E-state index contributed by atoms with van der Waals surface area (Å²) in [6.45, 7) is 0.134. The summed E-state index contributed by atoms with van der Waals surface area (Å²) in [6.07, 6.45) is -11.0. The second-order valence-corrected chi connectivity index (χ2v) is 5.48. The van der Waals surface area contributed by atoms with Crippen LogP contribution in [0.1, 0.15) is 32.1 Å². The van der Waals surface area contributed by atoms with E-state index in [0.29, 0.717) is 0 Å². The predicted molar refractivity (Wildman–Crippen MR) is 63.0 cm³/mol. The van der Waals surface area contributed by atoms with Crippen molar-refractivity contribution >= 4 is 11.6 Å². The highest BCUT2D eigenvalue weighted by atomic mass is 19.4. The largest absolute Gasteiger partial charge is 0.432 e. The number of hydrogen-bond donors (Lipinski definition) is 0. The van der Waals surface area contributed by atoms with Gasteiger partial charge in [0.2, 0.25) is 5.91 Å². The Bertz CT molecular complexity index is 463. The normalized spacial score (nSPS) is 21.7. The lowest BCUT2D eigenvalue weighted by molar-refractivity contribution is -0.152. The highest BCUT2D eigenvalue weighted by molar-refractivity contribution is 5.91. The SMILES string of the molecule is O=C(CCC(F)(F)F)N1CCC2(CC1)CC(C(F)(F)F)=NO2. The molecule has 2 heterocycles. The van der Waals surface area contributed by atoms with Crippen LogP contribution in [0.15, 0.2) is 5.16 Å². The van der Waals surface area contributed by atoms with E-state index in [9.17, 15) is 31.1 Å². The second kappa shape index (κ2) is 5.62. The quantitative estimate of drug-likeness (QED) is 0.730. The molecule has 2 aliphatic heterocycles. The molecule has 0 saturated carbocycles. The maximum atomic E-state index is 12.5. The van der Waals surface area contributed by atoms with Gasteiger partial charge in [-0.1, -0.05) is 5.16 Å². The number of hydrogen-bond acceptors (Lipinski definition) is 3. The van der Waals surface area contributed by atoms with E-state index in [1.165, 1.54) is 4.90 Å². The van der Waals surface area contributed by atoms with E-state index in [1.807, 2.05) is 0 Å². The lowest BCUT2D eigenvalue weighted by Crippen LogP contribution is -2.47. The van der Waals surface area contributed by atoms with E-state index in [0.717, 1.165) is 0 Å². The average Bonchev–Trinajstić information content (AvgIpc) is 2.80. The minimum absolute atomic E-state index is 0.0668. The van der Waals surface area contributed by atoms with Gasteiger partial charge in [0.15, 0.2) is 5.71 Å². The molecule has 0 bridgehead atoms. The van der Waals surface area contributed by atoms with Crippen LogP contribution in [-0.4, -0.2) is 47.6 Å². The highest BCUT2D eigenvalue weighted by Crippen LogP contribution is 2.38. The molecule has 10 heteroatoms. The van der Waals surface area contributed by atoms with E-state index in [2.05, 4.69) is 5.16 Å². The van der Waals surface area contributed by atoms with Crippen molar-refractivity contribution in [1.29, 1.82) is 0 Å². The Morgan fingerprint density at radius 1 is 1.18 bits per heavy atom. The van der Waals surface area contributed by atoms with Crippen LogP contribution in [0.4, 0.5) is 26.3 Å². The van der Waals surface area contributed by atoms with E-state index in [4.69, 9.17) is 4.84 Å². The molecule has 126 valence electrons. The van der Waals surface area contributed by atoms with E-state index >= 15 is 0 Å². The van der Waals surface area contributed by atoms with E-state index in [-0.39, 0.29) is 32.4 Å². The summed E-state index contributed by atoms with van der Waals surface area (Å²) < 4.78 is 73.8. The molecule has 0 aliphatic carbocycles. The zero-order valence-corrected chi connectivity index (χ0v) is 11.4. The van der Waals surface area contributed by atoms with Gasteiger partial charge in [-0.05, 0) is 0 Å². The number of oxime groups is 1. The fraction of sp³-hybridized carbons (Fsp3) is 0.833. The molecular formula is C12H14F6N2O2. The Hall–Kier alpha value is -1.48. The van der Waals surface area contributed by atoms with Crippen molar-refractivity contribution in [2.45, 2.75) is 50.1 Å². The van der Waals surface area contributed by atoms with Crippen LogP contribution < -0.4 is 0 Å². The molecule has 1 amide bonds. The molecule has 1 spiro atoms.